The normalized spacial score (nSPS) is 15.2. The van der Waals surface area contributed by atoms with Gasteiger partial charge in [0.1, 0.15) is 18.1 Å². The van der Waals surface area contributed by atoms with Gasteiger partial charge in [-0.15, -0.1) is 0 Å². The van der Waals surface area contributed by atoms with E-state index in [1.807, 2.05) is 6.07 Å². The summed E-state index contributed by atoms with van der Waals surface area (Å²) in [7, 11) is 0. The second kappa shape index (κ2) is 9.45. The summed E-state index contributed by atoms with van der Waals surface area (Å²) in [5.74, 6) is 1.11. The number of benzene rings is 2. The van der Waals surface area contributed by atoms with Gasteiger partial charge in [-0.3, -0.25) is 4.79 Å². The molecule has 0 saturated carbocycles. The average Bonchev–Trinajstić information content (AvgIpc) is 3.32. The van der Waals surface area contributed by atoms with Crippen molar-refractivity contribution >= 4 is 24.2 Å². The zero-order valence-corrected chi connectivity index (χ0v) is 16.3. The standard InChI is InChI=1S/C23H18N2O6/c26-22(12-11-17-4-3-13-28-17)30-18-9-7-16(8-10-18)14-24-25-23(27)21-15-29-19-5-1-2-6-20(19)31-21/h1-14,21H,15H2,(H,25,27)/b12-11+,24-14?/t21-/m0/s1. The van der Waals surface area contributed by atoms with Crippen molar-refractivity contribution in [2.45, 2.75) is 6.10 Å². The van der Waals surface area contributed by atoms with Crippen LogP contribution in [0.4, 0.5) is 0 Å². The molecule has 2 aromatic carbocycles. The lowest BCUT2D eigenvalue weighted by atomic mass is 10.2. The number of hydrogen-bond donors (Lipinski definition) is 1. The minimum Gasteiger partial charge on any atom is -0.485 e. The van der Waals surface area contributed by atoms with Gasteiger partial charge in [-0.2, -0.15) is 5.10 Å². The number of amides is 1. The Labute approximate surface area is 177 Å². The number of para-hydroxylation sites is 2. The third-order valence-electron chi connectivity index (χ3n) is 4.21. The van der Waals surface area contributed by atoms with Crippen molar-refractivity contribution in [2.24, 2.45) is 5.10 Å². The number of esters is 1. The van der Waals surface area contributed by atoms with E-state index in [2.05, 4.69) is 10.5 Å². The first-order valence-electron chi connectivity index (χ1n) is 9.42. The predicted octanol–water partition coefficient (Wildman–Crippen LogP) is 3.19. The molecular weight excluding hydrogens is 400 g/mol. The topological polar surface area (TPSA) is 99.4 Å². The molecule has 31 heavy (non-hydrogen) atoms. The van der Waals surface area contributed by atoms with Crippen LogP contribution in [0, 0.1) is 0 Å². The Balaban J connectivity index is 1.26. The second-order valence-electron chi connectivity index (χ2n) is 6.44. The fraction of sp³-hybridized carbons (Fsp3) is 0.0870. The monoisotopic (exact) mass is 418 g/mol. The Hall–Kier alpha value is -4.33. The van der Waals surface area contributed by atoms with Crippen LogP contribution in [0.5, 0.6) is 17.2 Å². The van der Waals surface area contributed by atoms with Crippen LogP contribution in [0.1, 0.15) is 11.3 Å². The molecule has 156 valence electrons. The van der Waals surface area contributed by atoms with Gasteiger partial charge in [0.15, 0.2) is 11.5 Å². The summed E-state index contributed by atoms with van der Waals surface area (Å²) in [6.07, 6.45) is 4.99. The number of hydrogen-bond acceptors (Lipinski definition) is 7. The zero-order valence-electron chi connectivity index (χ0n) is 16.3. The van der Waals surface area contributed by atoms with Gasteiger partial charge in [0.05, 0.1) is 12.5 Å². The van der Waals surface area contributed by atoms with Crippen molar-refractivity contribution in [3.8, 4) is 17.2 Å². The molecule has 1 atom stereocenters. The first-order chi connectivity index (χ1) is 15.2. The molecule has 0 saturated heterocycles. The van der Waals surface area contributed by atoms with Crippen LogP contribution in [0.2, 0.25) is 0 Å². The van der Waals surface area contributed by atoms with E-state index in [1.54, 1.807) is 54.6 Å². The molecular formula is C23H18N2O6. The Morgan fingerprint density at radius 3 is 2.61 bits per heavy atom. The lowest BCUT2D eigenvalue weighted by molar-refractivity contribution is -0.130. The van der Waals surface area contributed by atoms with Gasteiger partial charge in [-0.05, 0) is 60.2 Å². The summed E-state index contributed by atoms with van der Waals surface area (Å²) in [6.45, 7) is 0.104. The number of carbonyl (C=O) groups is 2. The molecule has 1 aromatic heterocycles. The molecule has 8 heteroatoms. The van der Waals surface area contributed by atoms with Crippen LogP contribution in [-0.4, -0.2) is 30.8 Å². The summed E-state index contributed by atoms with van der Waals surface area (Å²) in [5, 5.41) is 3.93. The number of rotatable bonds is 6. The van der Waals surface area contributed by atoms with Gasteiger partial charge in [0, 0.05) is 6.08 Å². The van der Waals surface area contributed by atoms with Gasteiger partial charge < -0.3 is 18.6 Å². The molecule has 8 nitrogen and oxygen atoms in total. The molecule has 0 radical (unpaired) electrons. The van der Waals surface area contributed by atoms with Crippen LogP contribution >= 0.6 is 0 Å². The van der Waals surface area contributed by atoms with Crippen molar-refractivity contribution in [3.05, 3.63) is 84.3 Å². The number of nitrogens with one attached hydrogen (secondary N) is 1. The smallest absolute Gasteiger partial charge is 0.336 e. The van der Waals surface area contributed by atoms with Gasteiger partial charge in [-0.25, -0.2) is 10.2 Å². The van der Waals surface area contributed by atoms with E-state index in [9.17, 15) is 9.59 Å². The maximum Gasteiger partial charge on any atom is 0.336 e. The fourth-order valence-electron chi connectivity index (χ4n) is 2.70. The number of hydrazone groups is 1. The molecule has 1 amide bonds. The fourth-order valence-corrected chi connectivity index (χ4v) is 2.70. The van der Waals surface area contributed by atoms with Crippen molar-refractivity contribution < 1.29 is 28.2 Å². The van der Waals surface area contributed by atoms with E-state index in [-0.39, 0.29) is 6.61 Å². The lowest BCUT2D eigenvalue weighted by Crippen LogP contribution is -2.42. The first kappa shape index (κ1) is 20.0. The largest absolute Gasteiger partial charge is 0.485 e. The molecule has 3 aromatic rings. The molecule has 0 aliphatic carbocycles. The number of ether oxygens (including phenoxy) is 3. The Bertz CT molecular complexity index is 1100. The van der Waals surface area contributed by atoms with Gasteiger partial charge in [-0.1, -0.05) is 12.1 Å². The highest BCUT2D eigenvalue weighted by molar-refractivity contribution is 5.88. The van der Waals surface area contributed by atoms with Crippen LogP contribution < -0.4 is 19.6 Å². The Morgan fingerprint density at radius 1 is 1.03 bits per heavy atom. The minimum absolute atomic E-state index is 0.104. The molecule has 0 bridgehead atoms. The highest BCUT2D eigenvalue weighted by atomic mass is 16.6. The third-order valence-corrected chi connectivity index (χ3v) is 4.21. The van der Waals surface area contributed by atoms with E-state index in [1.165, 1.54) is 24.6 Å². The summed E-state index contributed by atoms with van der Waals surface area (Å²) >= 11 is 0. The van der Waals surface area contributed by atoms with Gasteiger partial charge in [0.25, 0.3) is 5.91 Å². The van der Waals surface area contributed by atoms with E-state index < -0.39 is 18.0 Å². The zero-order chi connectivity index (χ0) is 21.5. The second-order valence-corrected chi connectivity index (χ2v) is 6.44. The Kier molecular flexibility index (Phi) is 6.08. The van der Waals surface area contributed by atoms with E-state index >= 15 is 0 Å². The van der Waals surface area contributed by atoms with Crippen molar-refractivity contribution in [1.29, 1.82) is 0 Å². The third kappa shape index (κ3) is 5.39. The highest BCUT2D eigenvalue weighted by Crippen LogP contribution is 2.30. The number of furan rings is 1. The number of carbonyl (C=O) groups excluding carboxylic acids is 2. The Morgan fingerprint density at radius 2 is 1.84 bits per heavy atom. The SMILES string of the molecule is O=C(/C=C/c1ccco1)Oc1ccc(C=NNC(=O)[C@@H]2COc3ccccc3O2)cc1. The van der Waals surface area contributed by atoms with E-state index in [4.69, 9.17) is 18.6 Å². The van der Waals surface area contributed by atoms with Crippen molar-refractivity contribution in [3.63, 3.8) is 0 Å². The molecule has 4 rings (SSSR count). The molecule has 1 aliphatic rings. The van der Waals surface area contributed by atoms with Crippen LogP contribution in [-0.2, 0) is 9.59 Å². The van der Waals surface area contributed by atoms with Crippen LogP contribution in [0.15, 0.2) is 82.5 Å². The van der Waals surface area contributed by atoms with Gasteiger partial charge >= 0.3 is 5.97 Å². The summed E-state index contributed by atoms with van der Waals surface area (Å²) in [4.78, 5) is 24.0. The molecule has 0 fully saturated rings. The number of fused-ring (bicyclic) bond motifs is 1. The molecule has 0 unspecified atom stereocenters. The predicted molar refractivity (Wildman–Crippen MR) is 112 cm³/mol. The lowest BCUT2D eigenvalue weighted by Gasteiger charge is -2.24. The molecule has 1 N–H and O–H groups in total. The first-order valence-corrected chi connectivity index (χ1v) is 9.42. The molecule has 2 heterocycles. The van der Waals surface area contributed by atoms with E-state index in [0.29, 0.717) is 28.6 Å². The summed E-state index contributed by atoms with van der Waals surface area (Å²) in [5.41, 5.74) is 3.14. The number of nitrogens with zero attached hydrogens (tertiary/aromatic N) is 1. The summed E-state index contributed by atoms with van der Waals surface area (Å²) in [6, 6.07) is 17.2. The molecule has 1 aliphatic heterocycles. The maximum absolute atomic E-state index is 12.2. The van der Waals surface area contributed by atoms with Crippen LogP contribution in [0.3, 0.4) is 0 Å². The van der Waals surface area contributed by atoms with Crippen molar-refractivity contribution in [2.75, 3.05) is 6.61 Å². The average molecular weight is 418 g/mol. The quantitative estimate of drug-likeness (QED) is 0.217. The summed E-state index contributed by atoms with van der Waals surface area (Å²) < 4.78 is 21.4. The maximum atomic E-state index is 12.2. The minimum atomic E-state index is -0.789. The molecule has 0 spiro atoms. The van der Waals surface area contributed by atoms with Crippen LogP contribution in [0.25, 0.3) is 6.08 Å². The highest BCUT2D eigenvalue weighted by Gasteiger charge is 2.26. The van der Waals surface area contributed by atoms with Gasteiger partial charge in [0.2, 0.25) is 6.10 Å². The van der Waals surface area contributed by atoms with E-state index in [0.717, 1.165) is 0 Å². The van der Waals surface area contributed by atoms with Crippen molar-refractivity contribution in [1.82, 2.24) is 5.43 Å².